The van der Waals surface area contributed by atoms with Crippen molar-refractivity contribution in [2.75, 3.05) is 7.11 Å². The minimum atomic E-state index is -4.43. The fraction of sp³-hybridized carbons (Fsp3) is 0.238. The maximum Gasteiger partial charge on any atom is 0.416 e. The zero-order valence-corrected chi connectivity index (χ0v) is 14.5. The van der Waals surface area contributed by atoms with Crippen molar-refractivity contribution in [1.29, 1.82) is 10.5 Å². The van der Waals surface area contributed by atoms with E-state index in [0.29, 0.717) is 11.3 Å². The number of hydrogen-bond donors (Lipinski definition) is 0. The van der Waals surface area contributed by atoms with Gasteiger partial charge in [-0.25, -0.2) is 0 Å². The molecule has 27 heavy (non-hydrogen) atoms. The van der Waals surface area contributed by atoms with Crippen LogP contribution in [0.5, 0.6) is 5.75 Å². The number of aryl methyl sites for hydroxylation is 1. The molecule has 3 nitrogen and oxygen atoms in total. The quantitative estimate of drug-likeness (QED) is 0.739. The number of nitrogens with zero attached hydrogens (tertiary/aromatic N) is 2. The molecule has 0 N–H and O–H groups in total. The Bertz CT molecular complexity index is 925. The number of ether oxygens (including phenoxy) is 1. The van der Waals surface area contributed by atoms with E-state index in [9.17, 15) is 23.7 Å². The Hall–Kier alpha value is -3.43. The minimum absolute atomic E-state index is 0.0677. The number of alkyl halides is 3. The third-order valence-corrected chi connectivity index (χ3v) is 3.98. The third-order valence-electron chi connectivity index (χ3n) is 3.98. The van der Waals surface area contributed by atoms with Gasteiger partial charge >= 0.3 is 6.18 Å². The lowest BCUT2D eigenvalue weighted by Gasteiger charge is -2.13. The molecule has 0 aliphatic heterocycles. The molecule has 6 heteroatoms. The van der Waals surface area contributed by atoms with Gasteiger partial charge in [0, 0.05) is 6.42 Å². The van der Waals surface area contributed by atoms with Gasteiger partial charge in [0.05, 0.1) is 12.7 Å². The van der Waals surface area contributed by atoms with E-state index in [1.54, 1.807) is 24.3 Å². The first-order chi connectivity index (χ1) is 12.9. The van der Waals surface area contributed by atoms with Crippen LogP contribution in [-0.2, 0) is 18.0 Å². The summed E-state index contributed by atoms with van der Waals surface area (Å²) in [7, 11) is 1.50. The first kappa shape index (κ1) is 19.9. The summed E-state index contributed by atoms with van der Waals surface area (Å²) >= 11 is 0. The molecule has 0 bridgehead atoms. The second kappa shape index (κ2) is 8.30. The van der Waals surface area contributed by atoms with Gasteiger partial charge in [0.15, 0.2) is 0 Å². The Balaban J connectivity index is 2.22. The van der Waals surface area contributed by atoms with Crippen molar-refractivity contribution in [3.8, 4) is 29.7 Å². The zero-order valence-electron chi connectivity index (χ0n) is 14.5. The van der Waals surface area contributed by atoms with Crippen LogP contribution in [0.1, 0.15) is 23.1 Å². The summed E-state index contributed by atoms with van der Waals surface area (Å²) in [5.74, 6) is 5.88. The van der Waals surface area contributed by atoms with Crippen molar-refractivity contribution in [2.24, 2.45) is 0 Å². The summed E-state index contributed by atoms with van der Waals surface area (Å²) in [6.07, 6.45) is -4.28. The van der Waals surface area contributed by atoms with Crippen molar-refractivity contribution >= 4 is 0 Å². The van der Waals surface area contributed by atoms with Gasteiger partial charge < -0.3 is 4.74 Å². The molecule has 0 aliphatic carbocycles. The molecule has 136 valence electrons. The molecule has 0 saturated carbocycles. The topological polar surface area (TPSA) is 56.8 Å². The highest BCUT2D eigenvalue weighted by Crippen LogP contribution is 2.32. The normalized spacial score (nSPS) is 10.9. The fourth-order valence-corrected chi connectivity index (χ4v) is 2.53. The summed E-state index contributed by atoms with van der Waals surface area (Å²) in [5.41, 5.74) is -1.87. The second-order valence-corrected chi connectivity index (χ2v) is 5.66. The van der Waals surface area contributed by atoms with Gasteiger partial charge in [0.1, 0.15) is 17.9 Å². The lowest BCUT2D eigenvalue weighted by Crippen LogP contribution is -2.19. The van der Waals surface area contributed by atoms with Gasteiger partial charge in [-0.05, 0) is 35.7 Å². The van der Waals surface area contributed by atoms with E-state index in [1.807, 2.05) is 12.1 Å². The molecule has 0 spiro atoms. The molecule has 0 radical (unpaired) electrons. The van der Waals surface area contributed by atoms with Crippen molar-refractivity contribution in [3.63, 3.8) is 0 Å². The number of rotatable bonds is 4. The Morgan fingerprint density at radius 1 is 0.963 bits per heavy atom. The monoisotopic (exact) mass is 368 g/mol. The lowest BCUT2D eigenvalue weighted by molar-refractivity contribution is -0.138. The van der Waals surface area contributed by atoms with Crippen LogP contribution in [0.25, 0.3) is 0 Å². The molecule has 0 aromatic heterocycles. The van der Waals surface area contributed by atoms with Crippen molar-refractivity contribution in [3.05, 3.63) is 65.2 Å². The average Bonchev–Trinajstić information content (AvgIpc) is 2.68. The number of hydrogen-bond acceptors (Lipinski definition) is 3. The largest absolute Gasteiger partial charge is 0.497 e. The van der Waals surface area contributed by atoms with Crippen LogP contribution in [-0.4, -0.2) is 7.11 Å². The molecule has 2 aromatic rings. The van der Waals surface area contributed by atoms with Crippen molar-refractivity contribution in [2.45, 2.75) is 24.4 Å². The Morgan fingerprint density at radius 2 is 1.59 bits per heavy atom. The summed E-state index contributed by atoms with van der Waals surface area (Å²) in [6.45, 7) is 0. The van der Waals surface area contributed by atoms with Crippen LogP contribution in [0.15, 0.2) is 48.5 Å². The van der Waals surface area contributed by atoms with Crippen LogP contribution in [0.3, 0.4) is 0 Å². The Labute approximate surface area is 155 Å². The van der Waals surface area contributed by atoms with Crippen LogP contribution in [0.2, 0.25) is 0 Å². The lowest BCUT2D eigenvalue weighted by atomic mass is 9.84. The van der Waals surface area contributed by atoms with E-state index in [0.717, 1.165) is 6.07 Å². The highest BCUT2D eigenvalue weighted by atomic mass is 19.4. The first-order valence-electron chi connectivity index (χ1n) is 7.98. The summed E-state index contributed by atoms with van der Waals surface area (Å²) in [5, 5.41) is 18.9. The highest BCUT2D eigenvalue weighted by Gasteiger charge is 2.33. The molecule has 2 rings (SSSR count). The van der Waals surface area contributed by atoms with Crippen molar-refractivity contribution in [1.82, 2.24) is 0 Å². The van der Waals surface area contributed by atoms with Gasteiger partial charge in [-0.15, -0.1) is 0 Å². The first-order valence-corrected chi connectivity index (χ1v) is 7.98. The van der Waals surface area contributed by atoms with Gasteiger partial charge in [-0.3, -0.25) is 0 Å². The maximum absolute atomic E-state index is 13.0. The Kier molecular flexibility index (Phi) is 6.11. The summed E-state index contributed by atoms with van der Waals surface area (Å²) in [4.78, 5) is 0. The molecule has 0 atom stereocenters. The van der Waals surface area contributed by atoms with Crippen LogP contribution < -0.4 is 4.74 Å². The molecule has 0 aliphatic rings. The van der Waals surface area contributed by atoms with E-state index in [-0.39, 0.29) is 18.4 Å². The third kappa shape index (κ3) is 4.60. The minimum Gasteiger partial charge on any atom is -0.497 e. The molecular formula is C21H15F3N2O. The molecule has 0 saturated heterocycles. The maximum atomic E-state index is 13.0. The van der Waals surface area contributed by atoms with E-state index in [2.05, 4.69) is 11.8 Å². The van der Waals surface area contributed by atoms with Crippen LogP contribution >= 0.6 is 0 Å². The number of nitriles is 2. The van der Waals surface area contributed by atoms with Crippen molar-refractivity contribution < 1.29 is 17.9 Å². The van der Waals surface area contributed by atoms with E-state index < -0.39 is 17.2 Å². The molecular weight excluding hydrogens is 353 g/mol. The highest BCUT2D eigenvalue weighted by molar-refractivity contribution is 5.51. The predicted molar refractivity (Wildman–Crippen MR) is 93.4 cm³/mol. The van der Waals surface area contributed by atoms with Gasteiger partial charge in [0.25, 0.3) is 0 Å². The van der Waals surface area contributed by atoms with Gasteiger partial charge in [0.2, 0.25) is 5.41 Å². The number of methoxy groups -OCH3 is 1. The van der Waals surface area contributed by atoms with Crippen LogP contribution in [0.4, 0.5) is 13.2 Å². The fourth-order valence-electron chi connectivity index (χ4n) is 2.53. The van der Waals surface area contributed by atoms with E-state index in [4.69, 9.17) is 4.74 Å². The standard InChI is InChI=1S/C21H15F3N2O/c1-27-18-11-9-17(10-12-18)20(14-25,15-26)13-5-4-7-16-6-2-3-8-19(16)21(22,23)24/h2-3,6,8-12H,4,7H2,1H3. The van der Waals surface area contributed by atoms with Gasteiger partial charge in [-0.1, -0.05) is 42.2 Å². The summed E-state index contributed by atoms with van der Waals surface area (Å²) < 4.78 is 44.1. The SMILES string of the molecule is COc1ccc(C(C#N)(C#N)C#CCCc2ccccc2C(F)(F)F)cc1. The smallest absolute Gasteiger partial charge is 0.416 e. The zero-order chi connectivity index (χ0) is 19.9. The van der Waals surface area contributed by atoms with Gasteiger partial charge in [-0.2, -0.15) is 23.7 Å². The molecule has 0 amide bonds. The summed E-state index contributed by atoms with van der Waals surface area (Å²) in [6, 6.07) is 15.4. The average molecular weight is 368 g/mol. The molecule has 0 heterocycles. The molecule has 0 unspecified atom stereocenters. The Morgan fingerprint density at radius 3 is 2.15 bits per heavy atom. The number of halogens is 3. The molecule has 0 fully saturated rings. The van der Waals surface area contributed by atoms with E-state index >= 15 is 0 Å². The number of benzene rings is 2. The molecule has 2 aromatic carbocycles. The van der Waals surface area contributed by atoms with Crippen LogP contribution in [0, 0.1) is 34.5 Å². The van der Waals surface area contributed by atoms with E-state index in [1.165, 1.54) is 25.3 Å². The second-order valence-electron chi connectivity index (χ2n) is 5.66. The predicted octanol–water partition coefficient (Wildman–Crippen LogP) is 4.64.